The number of carbonyl (C=O) groups is 3. The molecule has 0 bridgehead atoms. The van der Waals surface area contributed by atoms with Crippen molar-refractivity contribution in [3.05, 3.63) is 0 Å². The Balaban J connectivity index is 2.64. The predicted octanol–water partition coefficient (Wildman–Crippen LogP) is 0.162. The smallest absolute Gasteiger partial charge is 0.407 e. The maximum Gasteiger partial charge on any atom is 0.407 e. The Morgan fingerprint density at radius 2 is 1.95 bits per heavy atom. The SMILES string of the molecule is CC(C)(C)OC(=O)NC1CC(CC(=O)O)CN(CC(N)=O)C1. The molecule has 1 fully saturated rings. The zero-order valence-corrected chi connectivity index (χ0v) is 13.3. The molecule has 0 aromatic heterocycles. The molecule has 1 rings (SSSR count). The van der Waals surface area contributed by atoms with Gasteiger partial charge in [0.15, 0.2) is 0 Å². The lowest BCUT2D eigenvalue weighted by Crippen LogP contribution is -2.53. The van der Waals surface area contributed by atoms with E-state index < -0.39 is 23.6 Å². The van der Waals surface area contributed by atoms with Crippen molar-refractivity contribution in [1.29, 1.82) is 0 Å². The van der Waals surface area contributed by atoms with Crippen LogP contribution in [0.5, 0.6) is 0 Å². The molecular formula is C14H25N3O5. The van der Waals surface area contributed by atoms with Crippen LogP contribution >= 0.6 is 0 Å². The normalized spacial score (nSPS) is 22.9. The van der Waals surface area contributed by atoms with Crippen LogP contribution in [0.3, 0.4) is 0 Å². The lowest BCUT2D eigenvalue weighted by molar-refractivity contribution is -0.138. The van der Waals surface area contributed by atoms with Gasteiger partial charge < -0.3 is 20.9 Å². The molecule has 0 aliphatic carbocycles. The van der Waals surface area contributed by atoms with E-state index in [0.29, 0.717) is 19.5 Å². The Morgan fingerprint density at radius 1 is 1.32 bits per heavy atom. The summed E-state index contributed by atoms with van der Waals surface area (Å²) in [4.78, 5) is 35.5. The standard InChI is InChI=1S/C14H25N3O5/c1-14(2,3)22-13(21)16-10-4-9(5-12(19)20)6-17(7-10)8-11(15)18/h9-10H,4-8H2,1-3H3,(H2,15,18)(H,16,21)(H,19,20). The highest BCUT2D eigenvalue weighted by atomic mass is 16.6. The molecule has 8 heteroatoms. The van der Waals surface area contributed by atoms with Gasteiger partial charge in [0.1, 0.15) is 5.60 Å². The summed E-state index contributed by atoms with van der Waals surface area (Å²) in [7, 11) is 0. The van der Waals surface area contributed by atoms with Crippen molar-refractivity contribution in [2.75, 3.05) is 19.6 Å². The number of rotatable bonds is 5. The zero-order valence-electron chi connectivity index (χ0n) is 13.3. The lowest BCUT2D eigenvalue weighted by atomic mass is 9.91. The van der Waals surface area contributed by atoms with Crippen LogP contribution in [0.15, 0.2) is 0 Å². The fourth-order valence-electron chi connectivity index (χ4n) is 2.63. The number of piperidine rings is 1. The van der Waals surface area contributed by atoms with E-state index >= 15 is 0 Å². The van der Waals surface area contributed by atoms with Gasteiger partial charge in [-0.05, 0) is 33.1 Å². The summed E-state index contributed by atoms with van der Waals surface area (Å²) in [5.74, 6) is -1.53. The van der Waals surface area contributed by atoms with Crippen molar-refractivity contribution in [3.63, 3.8) is 0 Å². The number of ether oxygens (including phenoxy) is 1. The first-order valence-corrected chi connectivity index (χ1v) is 7.27. The number of nitrogens with one attached hydrogen (secondary N) is 1. The van der Waals surface area contributed by atoms with Gasteiger partial charge in [-0.15, -0.1) is 0 Å². The van der Waals surface area contributed by atoms with Gasteiger partial charge >= 0.3 is 12.1 Å². The summed E-state index contributed by atoms with van der Waals surface area (Å²) in [6.07, 6.45) is -0.0322. The average molecular weight is 315 g/mol. The van der Waals surface area contributed by atoms with Gasteiger partial charge in [-0.1, -0.05) is 0 Å². The van der Waals surface area contributed by atoms with Crippen molar-refractivity contribution in [3.8, 4) is 0 Å². The maximum atomic E-state index is 11.8. The maximum absolute atomic E-state index is 11.8. The largest absolute Gasteiger partial charge is 0.481 e. The third kappa shape index (κ3) is 7.26. The molecule has 0 aromatic carbocycles. The van der Waals surface area contributed by atoms with Crippen molar-refractivity contribution < 1.29 is 24.2 Å². The van der Waals surface area contributed by atoms with Gasteiger partial charge in [-0.3, -0.25) is 14.5 Å². The number of carboxylic acid groups (broad SMARTS) is 1. The summed E-state index contributed by atoms with van der Waals surface area (Å²) in [5, 5.41) is 11.7. The number of carbonyl (C=O) groups excluding carboxylic acids is 2. The van der Waals surface area contributed by atoms with E-state index in [1.807, 2.05) is 0 Å². The van der Waals surface area contributed by atoms with E-state index in [1.54, 1.807) is 25.7 Å². The van der Waals surface area contributed by atoms with E-state index in [4.69, 9.17) is 15.6 Å². The summed E-state index contributed by atoms with van der Waals surface area (Å²) < 4.78 is 5.20. The van der Waals surface area contributed by atoms with Crippen molar-refractivity contribution in [1.82, 2.24) is 10.2 Å². The first-order valence-electron chi connectivity index (χ1n) is 7.27. The fourth-order valence-corrected chi connectivity index (χ4v) is 2.63. The zero-order chi connectivity index (χ0) is 16.9. The van der Waals surface area contributed by atoms with E-state index in [-0.39, 0.29) is 24.9 Å². The molecule has 1 aliphatic heterocycles. The third-order valence-corrected chi connectivity index (χ3v) is 3.18. The van der Waals surface area contributed by atoms with Crippen molar-refractivity contribution in [2.45, 2.75) is 45.3 Å². The number of hydrogen-bond donors (Lipinski definition) is 3. The topological polar surface area (TPSA) is 122 Å². The Morgan fingerprint density at radius 3 is 2.45 bits per heavy atom. The van der Waals surface area contributed by atoms with Crippen LogP contribution in [0.2, 0.25) is 0 Å². The summed E-state index contributed by atoms with van der Waals surface area (Å²) in [6.45, 7) is 6.25. The van der Waals surface area contributed by atoms with Crippen LogP contribution in [0, 0.1) is 5.92 Å². The highest BCUT2D eigenvalue weighted by Gasteiger charge is 2.31. The summed E-state index contributed by atoms with van der Waals surface area (Å²) in [6, 6.07) is -0.271. The Bertz CT molecular complexity index is 409. The highest BCUT2D eigenvalue weighted by molar-refractivity contribution is 5.76. The molecule has 0 spiro atoms. The number of amides is 2. The molecule has 4 N–H and O–H groups in total. The fraction of sp³-hybridized carbons (Fsp3) is 0.786. The minimum Gasteiger partial charge on any atom is -0.481 e. The van der Waals surface area contributed by atoms with Gasteiger partial charge in [-0.2, -0.15) is 0 Å². The second-order valence-electron chi connectivity index (χ2n) is 6.70. The lowest BCUT2D eigenvalue weighted by Gasteiger charge is -2.37. The summed E-state index contributed by atoms with van der Waals surface area (Å²) in [5.41, 5.74) is 4.59. The van der Waals surface area contributed by atoms with Crippen molar-refractivity contribution in [2.24, 2.45) is 11.7 Å². The Hall–Kier alpha value is -1.83. The van der Waals surface area contributed by atoms with Gasteiger partial charge in [0.05, 0.1) is 6.54 Å². The van der Waals surface area contributed by atoms with Gasteiger partial charge in [0.2, 0.25) is 5.91 Å². The number of alkyl carbamates (subject to hydrolysis) is 1. The first-order chi connectivity index (χ1) is 10.0. The number of nitrogens with zero attached hydrogens (tertiary/aromatic N) is 1. The van der Waals surface area contributed by atoms with Crippen LogP contribution in [0.25, 0.3) is 0 Å². The number of likely N-dealkylation sites (tertiary alicyclic amines) is 1. The summed E-state index contributed by atoms with van der Waals surface area (Å²) >= 11 is 0. The number of hydrogen-bond acceptors (Lipinski definition) is 5. The molecule has 0 radical (unpaired) electrons. The molecule has 2 amide bonds. The van der Waals surface area contributed by atoms with E-state index in [1.165, 1.54) is 0 Å². The van der Waals surface area contributed by atoms with Crippen LogP contribution in [-0.4, -0.2) is 59.3 Å². The molecule has 1 saturated heterocycles. The second kappa shape index (κ2) is 7.44. The highest BCUT2D eigenvalue weighted by Crippen LogP contribution is 2.20. The molecule has 126 valence electrons. The van der Waals surface area contributed by atoms with Crippen LogP contribution < -0.4 is 11.1 Å². The molecule has 2 unspecified atom stereocenters. The van der Waals surface area contributed by atoms with Crippen LogP contribution in [0.4, 0.5) is 4.79 Å². The molecule has 2 atom stereocenters. The number of primary amides is 1. The van der Waals surface area contributed by atoms with E-state index in [2.05, 4.69) is 5.32 Å². The Kier molecular flexibility index (Phi) is 6.16. The minimum absolute atomic E-state index is 0.0121. The first kappa shape index (κ1) is 18.2. The number of carboxylic acids is 1. The van der Waals surface area contributed by atoms with Gasteiger partial charge in [-0.25, -0.2) is 4.79 Å². The quantitative estimate of drug-likeness (QED) is 0.664. The van der Waals surface area contributed by atoms with E-state index in [9.17, 15) is 14.4 Å². The van der Waals surface area contributed by atoms with E-state index in [0.717, 1.165) is 0 Å². The molecular weight excluding hydrogens is 290 g/mol. The molecule has 8 nitrogen and oxygen atoms in total. The monoisotopic (exact) mass is 315 g/mol. The van der Waals surface area contributed by atoms with Gasteiger partial charge in [0, 0.05) is 25.6 Å². The molecule has 22 heavy (non-hydrogen) atoms. The molecule has 1 heterocycles. The minimum atomic E-state index is -0.901. The van der Waals surface area contributed by atoms with Crippen LogP contribution in [0.1, 0.15) is 33.6 Å². The third-order valence-electron chi connectivity index (χ3n) is 3.18. The van der Waals surface area contributed by atoms with Crippen molar-refractivity contribution >= 4 is 18.0 Å². The number of nitrogens with two attached hydrogens (primary N) is 1. The Labute approximate surface area is 130 Å². The number of aliphatic carboxylic acids is 1. The molecule has 0 saturated carbocycles. The predicted molar refractivity (Wildman–Crippen MR) is 79.2 cm³/mol. The second-order valence-corrected chi connectivity index (χ2v) is 6.70. The van der Waals surface area contributed by atoms with Crippen LogP contribution in [-0.2, 0) is 14.3 Å². The molecule has 0 aromatic rings. The molecule has 1 aliphatic rings. The van der Waals surface area contributed by atoms with Gasteiger partial charge in [0.25, 0.3) is 0 Å². The average Bonchev–Trinajstić information content (AvgIpc) is 2.22.